The third kappa shape index (κ3) is 3.45. The van der Waals surface area contributed by atoms with E-state index in [0.717, 1.165) is 0 Å². The molecule has 0 saturated heterocycles. The smallest absolute Gasteiger partial charge is 0.272 e. The molecule has 0 aromatic carbocycles. The maximum Gasteiger partial charge on any atom is 0.272 e. The lowest BCUT2D eigenvalue weighted by Crippen LogP contribution is -2.34. The van der Waals surface area contributed by atoms with Gasteiger partial charge in [0.05, 0.1) is 16.6 Å². The molecule has 0 aliphatic rings. The van der Waals surface area contributed by atoms with Crippen molar-refractivity contribution in [2.45, 2.75) is 0 Å². The third-order valence-electron chi connectivity index (χ3n) is 1.69. The van der Waals surface area contributed by atoms with Crippen molar-refractivity contribution in [3.05, 3.63) is 29.0 Å². The Morgan fingerprint density at radius 3 is 2.80 bits per heavy atom. The number of hydrogen-bond acceptors (Lipinski definition) is 3. The number of carbonyl (C=O) groups excluding carboxylic acids is 1. The number of thiocarbonyl (C=S) groups is 1. The van der Waals surface area contributed by atoms with Crippen molar-refractivity contribution in [2.24, 2.45) is 5.73 Å². The highest BCUT2D eigenvalue weighted by Gasteiger charge is 2.13. The molecule has 1 rings (SSSR count). The lowest BCUT2D eigenvalue weighted by Gasteiger charge is -2.15. The monoisotopic (exact) mass is 243 g/mol. The minimum atomic E-state index is -0.237. The minimum Gasteiger partial charge on any atom is -0.392 e. The van der Waals surface area contributed by atoms with Crippen molar-refractivity contribution in [3.8, 4) is 0 Å². The van der Waals surface area contributed by atoms with Crippen LogP contribution in [0, 0.1) is 0 Å². The van der Waals surface area contributed by atoms with Gasteiger partial charge in [0.25, 0.3) is 5.91 Å². The van der Waals surface area contributed by atoms with Crippen LogP contribution in [0.5, 0.6) is 0 Å². The van der Waals surface area contributed by atoms with Gasteiger partial charge in [-0.25, -0.2) is 4.98 Å². The average Bonchev–Trinajstić information content (AvgIpc) is 2.17. The van der Waals surface area contributed by atoms with Gasteiger partial charge >= 0.3 is 0 Å². The molecular formula is C9H10ClN3OS. The summed E-state index contributed by atoms with van der Waals surface area (Å²) in [5.41, 5.74) is 5.65. The summed E-state index contributed by atoms with van der Waals surface area (Å²) in [6.45, 7) is 0.235. The molecule has 0 aliphatic heterocycles. The lowest BCUT2D eigenvalue weighted by molar-refractivity contribution is 0.0809. The van der Waals surface area contributed by atoms with Crippen molar-refractivity contribution in [3.63, 3.8) is 0 Å². The van der Waals surface area contributed by atoms with E-state index >= 15 is 0 Å². The summed E-state index contributed by atoms with van der Waals surface area (Å²) in [6, 6.07) is 3.16. The van der Waals surface area contributed by atoms with Crippen LogP contribution in [0.1, 0.15) is 10.5 Å². The summed E-state index contributed by atoms with van der Waals surface area (Å²) in [4.78, 5) is 17.3. The normalized spacial score (nSPS) is 9.73. The largest absolute Gasteiger partial charge is 0.392 e. The Balaban J connectivity index is 2.76. The van der Waals surface area contributed by atoms with Gasteiger partial charge in [-0.2, -0.15) is 0 Å². The second-order valence-electron chi connectivity index (χ2n) is 2.99. The number of aromatic nitrogens is 1. The molecule has 0 spiro atoms. The Labute approximate surface area is 98.0 Å². The summed E-state index contributed by atoms with van der Waals surface area (Å²) >= 11 is 10.4. The standard InChI is InChI=1S/C9H10ClN3OS/c1-13(5-8(11)15)9(14)7-3-2-6(10)4-12-7/h2-4H,5H2,1H3,(H2,11,15). The molecule has 1 heterocycles. The molecule has 2 N–H and O–H groups in total. The van der Waals surface area contributed by atoms with Gasteiger partial charge in [0.15, 0.2) is 0 Å². The molecular weight excluding hydrogens is 234 g/mol. The molecule has 0 saturated carbocycles. The highest BCUT2D eigenvalue weighted by molar-refractivity contribution is 7.80. The molecule has 0 unspecified atom stereocenters. The quantitative estimate of drug-likeness (QED) is 0.808. The van der Waals surface area contributed by atoms with Crippen molar-refractivity contribution < 1.29 is 4.79 Å². The van der Waals surface area contributed by atoms with E-state index in [1.54, 1.807) is 19.2 Å². The van der Waals surface area contributed by atoms with Gasteiger partial charge in [0, 0.05) is 13.2 Å². The number of carbonyl (C=O) groups is 1. The van der Waals surface area contributed by atoms with E-state index < -0.39 is 0 Å². The van der Waals surface area contributed by atoms with Crippen LogP contribution < -0.4 is 5.73 Å². The first-order valence-corrected chi connectivity index (χ1v) is 4.94. The highest BCUT2D eigenvalue weighted by atomic mass is 35.5. The van der Waals surface area contributed by atoms with Crippen LogP contribution in [0.2, 0.25) is 5.02 Å². The molecule has 1 amide bonds. The predicted octanol–water partition coefficient (Wildman–Crippen LogP) is 1.09. The number of amides is 1. The van der Waals surface area contributed by atoms with E-state index in [1.165, 1.54) is 11.1 Å². The van der Waals surface area contributed by atoms with Gasteiger partial charge < -0.3 is 10.6 Å². The van der Waals surface area contributed by atoms with E-state index in [4.69, 9.17) is 29.6 Å². The summed E-state index contributed by atoms with van der Waals surface area (Å²) in [6.07, 6.45) is 1.42. The molecule has 0 atom stereocenters. The van der Waals surface area contributed by atoms with Gasteiger partial charge in [0.1, 0.15) is 5.69 Å². The molecule has 0 radical (unpaired) electrons. The van der Waals surface area contributed by atoms with E-state index in [9.17, 15) is 4.79 Å². The number of pyridine rings is 1. The van der Waals surface area contributed by atoms with Gasteiger partial charge in [-0.15, -0.1) is 0 Å². The Morgan fingerprint density at radius 1 is 1.67 bits per heavy atom. The average molecular weight is 244 g/mol. The third-order valence-corrected chi connectivity index (χ3v) is 2.04. The van der Waals surface area contributed by atoms with E-state index in [2.05, 4.69) is 4.98 Å². The van der Waals surface area contributed by atoms with Gasteiger partial charge in [-0.1, -0.05) is 23.8 Å². The maximum absolute atomic E-state index is 11.7. The molecule has 0 aliphatic carbocycles. The Morgan fingerprint density at radius 2 is 2.33 bits per heavy atom. The molecule has 1 aromatic heterocycles. The molecule has 80 valence electrons. The Hall–Kier alpha value is -1.20. The second kappa shape index (κ2) is 5.04. The lowest BCUT2D eigenvalue weighted by atomic mass is 10.3. The van der Waals surface area contributed by atoms with Crippen molar-refractivity contribution in [1.82, 2.24) is 9.88 Å². The number of nitrogens with zero attached hydrogens (tertiary/aromatic N) is 2. The second-order valence-corrected chi connectivity index (χ2v) is 3.95. The van der Waals surface area contributed by atoms with Crippen molar-refractivity contribution >= 4 is 34.7 Å². The van der Waals surface area contributed by atoms with E-state index in [0.29, 0.717) is 10.7 Å². The summed E-state index contributed by atoms with van der Waals surface area (Å²) in [7, 11) is 1.61. The zero-order valence-electron chi connectivity index (χ0n) is 8.11. The first kappa shape index (κ1) is 11.9. The SMILES string of the molecule is CN(CC(N)=S)C(=O)c1ccc(Cl)cn1. The molecule has 4 nitrogen and oxygen atoms in total. The zero-order valence-corrected chi connectivity index (χ0v) is 9.68. The fraction of sp³-hybridized carbons (Fsp3) is 0.222. The van der Waals surface area contributed by atoms with Gasteiger partial charge in [-0.05, 0) is 12.1 Å². The summed E-state index contributed by atoms with van der Waals surface area (Å²) in [5, 5.41) is 0.489. The first-order chi connectivity index (χ1) is 7.00. The molecule has 15 heavy (non-hydrogen) atoms. The van der Waals surface area contributed by atoms with Crippen LogP contribution in [0.25, 0.3) is 0 Å². The molecule has 0 fully saturated rings. The molecule has 1 aromatic rings. The van der Waals surface area contributed by atoms with Crippen molar-refractivity contribution in [2.75, 3.05) is 13.6 Å². The Bertz CT molecular complexity index is 379. The minimum absolute atomic E-state index is 0.235. The zero-order chi connectivity index (χ0) is 11.4. The van der Waals surface area contributed by atoms with Crippen LogP contribution in [0.3, 0.4) is 0 Å². The van der Waals surface area contributed by atoms with Crippen LogP contribution in [0.15, 0.2) is 18.3 Å². The van der Waals surface area contributed by atoms with E-state index in [1.807, 2.05) is 0 Å². The fourth-order valence-electron chi connectivity index (χ4n) is 1.00. The van der Waals surface area contributed by atoms with Crippen LogP contribution >= 0.6 is 23.8 Å². The molecule has 0 bridgehead atoms. The van der Waals surface area contributed by atoms with Gasteiger partial charge in [0.2, 0.25) is 0 Å². The topological polar surface area (TPSA) is 59.2 Å². The number of hydrogen-bond donors (Lipinski definition) is 1. The highest BCUT2D eigenvalue weighted by Crippen LogP contribution is 2.07. The Kier molecular flexibility index (Phi) is 3.99. The number of nitrogens with two attached hydrogens (primary N) is 1. The van der Waals surface area contributed by atoms with Crippen LogP contribution in [-0.4, -0.2) is 34.4 Å². The summed E-state index contributed by atoms with van der Waals surface area (Å²) in [5.74, 6) is -0.237. The molecule has 6 heteroatoms. The van der Waals surface area contributed by atoms with Crippen LogP contribution in [-0.2, 0) is 0 Å². The van der Waals surface area contributed by atoms with E-state index in [-0.39, 0.29) is 17.4 Å². The number of rotatable bonds is 3. The van der Waals surface area contributed by atoms with Crippen LogP contribution in [0.4, 0.5) is 0 Å². The van der Waals surface area contributed by atoms with Crippen molar-refractivity contribution in [1.29, 1.82) is 0 Å². The summed E-state index contributed by atoms with van der Waals surface area (Å²) < 4.78 is 0. The fourth-order valence-corrected chi connectivity index (χ4v) is 1.31. The maximum atomic E-state index is 11.7. The number of likely N-dealkylation sites (N-methyl/N-ethyl adjacent to an activating group) is 1. The number of halogens is 1. The first-order valence-electron chi connectivity index (χ1n) is 4.16. The predicted molar refractivity (Wildman–Crippen MR) is 63.0 cm³/mol. The van der Waals surface area contributed by atoms with Gasteiger partial charge in [-0.3, -0.25) is 4.79 Å².